The van der Waals surface area contributed by atoms with E-state index in [0.29, 0.717) is 12.2 Å². The number of hydrogen-bond acceptors (Lipinski definition) is 3. The number of carbonyl (C=O) groups excluding carboxylic acids is 1. The first kappa shape index (κ1) is 17.5. The van der Waals surface area contributed by atoms with E-state index in [2.05, 4.69) is 5.32 Å². The zero-order valence-electron chi connectivity index (χ0n) is 13.6. The Labute approximate surface area is 141 Å². The zero-order valence-corrected chi connectivity index (χ0v) is 13.6. The van der Waals surface area contributed by atoms with E-state index in [-0.39, 0.29) is 18.7 Å². The lowest BCUT2D eigenvalue weighted by Gasteiger charge is -2.16. The van der Waals surface area contributed by atoms with Crippen molar-refractivity contribution in [2.45, 2.75) is 25.3 Å². The van der Waals surface area contributed by atoms with Crippen LogP contribution in [0.25, 0.3) is 0 Å². The van der Waals surface area contributed by atoms with Crippen LogP contribution < -0.4 is 10.1 Å². The molecule has 0 saturated heterocycles. The van der Waals surface area contributed by atoms with Crippen molar-refractivity contribution in [3.8, 4) is 5.75 Å². The molecule has 2 N–H and O–H groups in total. The molecule has 1 atom stereocenters. The molecule has 2 aromatic carbocycles. The van der Waals surface area contributed by atoms with Gasteiger partial charge in [0, 0.05) is 12.8 Å². The minimum atomic E-state index is -1.06. The van der Waals surface area contributed by atoms with E-state index in [4.69, 9.17) is 4.74 Å². The molecule has 0 spiro atoms. The van der Waals surface area contributed by atoms with Crippen LogP contribution in [-0.2, 0) is 22.4 Å². The van der Waals surface area contributed by atoms with Gasteiger partial charge >= 0.3 is 5.97 Å². The number of methoxy groups -OCH3 is 1. The Balaban J connectivity index is 1.95. The van der Waals surface area contributed by atoms with Crippen molar-refractivity contribution in [1.82, 2.24) is 5.32 Å². The van der Waals surface area contributed by atoms with Crippen LogP contribution in [0.5, 0.6) is 5.75 Å². The molecule has 0 bridgehead atoms. The van der Waals surface area contributed by atoms with Crippen LogP contribution in [0.4, 0.5) is 0 Å². The fraction of sp³-hybridized carbons (Fsp3) is 0.263. The Hall–Kier alpha value is -2.82. The first-order chi connectivity index (χ1) is 11.6. The summed E-state index contributed by atoms with van der Waals surface area (Å²) < 4.78 is 5.23. The Morgan fingerprint density at radius 1 is 1.08 bits per heavy atom. The summed E-state index contributed by atoms with van der Waals surface area (Å²) >= 11 is 0. The fourth-order valence-corrected chi connectivity index (χ4v) is 2.46. The number of carbonyl (C=O) groups is 2. The molecule has 0 saturated carbocycles. The van der Waals surface area contributed by atoms with Gasteiger partial charge in [0.05, 0.1) is 7.11 Å². The molecule has 0 aromatic heterocycles. The predicted octanol–water partition coefficient (Wildman–Crippen LogP) is 2.44. The highest BCUT2D eigenvalue weighted by Gasteiger charge is 2.21. The molecule has 1 amide bonds. The van der Waals surface area contributed by atoms with Crippen molar-refractivity contribution in [1.29, 1.82) is 0 Å². The Morgan fingerprint density at radius 2 is 1.75 bits per heavy atom. The van der Waals surface area contributed by atoms with Crippen LogP contribution in [0.2, 0.25) is 0 Å². The maximum absolute atomic E-state index is 12.1. The number of para-hydroxylation sites is 1. The number of carboxylic acid groups (broad SMARTS) is 1. The molecule has 24 heavy (non-hydrogen) atoms. The Morgan fingerprint density at radius 3 is 2.42 bits per heavy atom. The van der Waals surface area contributed by atoms with Crippen molar-refractivity contribution in [3.63, 3.8) is 0 Å². The normalized spacial score (nSPS) is 11.5. The van der Waals surface area contributed by atoms with Gasteiger partial charge in [-0.3, -0.25) is 4.79 Å². The van der Waals surface area contributed by atoms with Crippen molar-refractivity contribution in [3.05, 3.63) is 65.7 Å². The number of hydrogen-bond donors (Lipinski definition) is 2. The van der Waals surface area contributed by atoms with Gasteiger partial charge in [0.2, 0.25) is 5.91 Å². The molecular weight excluding hydrogens is 306 g/mol. The van der Waals surface area contributed by atoms with Gasteiger partial charge in [-0.05, 0) is 23.6 Å². The first-order valence-electron chi connectivity index (χ1n) is 7.78. The van der Waals surface area contributed by atoms with E-state index in [9.17, 15) is 14.7 Å². The van der Waals surface area contributed by atoms with E-state index >= 15 is 0 Å². The van der Waals surface area contributed by atoms with Crippen LogP contribution in [0.3, 0.4) is 0 Å². The molecule has 2 rings (SSSR count). The third-order valence-electron chi connectivity index (χ3n) is 3.73. The third kappa shape index (κ3) is 5.12. The predicted molar refractivity (Wildman–Crippen MR) is 91.0 cm³/mol. The van der Waals surface area contributed by atoms with Gasteiger partial charge in [-0.2, -0.15) is 0 Å². The third-order valence-corrected chi connectivity index (χ3v) is 3.73. The monoisotopic (exact) mass is 327 g/mol. The summed E-state index contributed by atoms with van der Waals surface area (Å²) in [6.07, 6.45) is 1.00. The van der Waals surface area contributed by atoms with Gasteiger partial charge in [0.25, 0.3) is 0 Å². The number of nitrogens with one attached hydrogen (secondary N) is 1. The van der Waals surface area contributed by atoms with Gasteiger partial charge in [-0.1, -0.05) is 48.5 Å². The molecule has 0 radical (unpaired) electrons. The van der Waals surface area contributed by atoms with Gasteiger partial charge in [0.1, 0.15) is 11.8 Å². The van der Waals surface area contributed by atoms with E-state index < -0.39 is 12.0 Å². The number of rotatable bonds is 8. The van der Waals surface area contributed by atoms with Crippen LogP contribution in [0.1, 0.15) is 17.5 Å². The number of aryl methyl sites for hydroxylation is 1. The lowest BCUT2D eigenvalue weighted by molar-refractivity contribution is -0.141. The summed E-state index contributed by atoms with van der Waals surface area (Å²) in [5.74, 6) is -0.725. The number of ether oxygens (including phenoxy) is 1. The maximum Gasteiger partial charge on any atom is 0.326 e. The standard InChI is InChI=1S/C19H21NO4/c1-24-17-10-6-5-9-15(17)13-16(19(22)23)20-18(21)12-11-14-7-3-2-4-8-14/h2-10,16H,11-13H2,1H3,(H,20,21)(H,22,23)/t16-/m0/s1. The topological polar surface area (TPSA) is 75.6 Å². The quantitative estimate of drug-likeness (QED) is 0.781. The van der Waals surface area contributed by atoms with E-state index in [1.54, 1.807) is 12.1 Å². The molecule has 0 unspecified atom stereocenters. The molecule has 0 aliphatic rings. The van der Waals surface area contributed by atoms with Gasteiger partial charge in [-0.25, -0.2) is 4.79 Å². The minimum absolute atomic E-state index is 0.177. The second-order valence-electron chi connectivity index (χ2n) is 5.46. The van der Waals surface area contributed by atoms with Crippen molar-refractivity contribution in [2.24, 2.45) is 0 Å². The average Bonchev–Trinajstić information content (AvgIpc) is 2.60. The maximum atomic E-state index is 12.1. The number of carboxylic acids is 1. The smallest absolute Gasteiger partial charge is 0.326 e. The second kappa shape index (κ2) is 8.72. The van der Waals surface area contributed by atoms with Crippen LogP contribution in [-0.4, -0.2) is 30.1 Å². The number of aliphatic carboxylic acids is 1. The zero-order chi connectivity index (χ0) is 17.4. The van der Waals surface area contributed by atoms with E-state index in [0.717, 1.165) is 11.1 Å². The fourth-order valence-electron chi connectivity index (χ4n) is 2.46. The van der Waals surface area contributed by atoms with E-state index in [1.807, 2.05) is 42.5 Å². The Bertz CT molecular complexity index is 685. The molecule has 126 valence electrons. The van der Waals surface area contributed by atoms with Gasteiger partial charge in [-0.15, -0.1) is 0 Å². The average molecular weight is 327 g/mol. The summed E-state index contributed by atoms with van der Waals surface area (Å²) in [5.41, 5.74) is 1.79. The molecule has 0 aliphatic heterocycles. The summed E-state index contributed by atoms with van der Waals surface area (Å²) in [6, 6.07) is 15.8. The molecular formula is C19H21NO4. The highest BCUT2D eigenvalue weighted by molar-refractivity contribution is 5.83. The summed E-state index contributed by atoms with van der Waals surface area (Å²) in [7, 11) is 1.53. The second-order valence-corrected chi connectivity index (χ2v) is 5.46. The molecule has 5 heteroatoms. The Kier molecular flexibility index (Phi) is 6.37. The van der Waals surface area contributed by atoms with Crippen LogP contribution >= 0.6 is 0 Å². The minimum Gasteiger partial charge on any atom is -0.496 e. The van der Waals surface area contributed by atoms with Crippen molar-refractivity contribution < 1.29 is 19.4 Å². The molecule has 0 aliphatic carbocycles. The number of amides is 1. The first-order valence-corrected chi connectivity index (χ1v) is 7.78. The summed E-state index contributed by atoms with van der Waals surface area (Å²) in [5, 5.41) is 12.0. The highest BCUT2D eigenvalue weighted by atomic mass is 16.5. The molecule has 5 nitrogen and oxygen atoms in total. The lowest BCUT2D eigenvalue weighted by Crippen LogP contribution is -2.42. The lowest BCUT2D eigenvalue weighted by atomic mass is 10.0. The number of benzene rings is 2. The van der Waals surface area contributed by atoms with Crippen LogP contribution in [0, 0.1) is 0 Å². The highest BCUT2D eigenvalue weighted by Crippen LogP contribution is 2.19. The van der Waals surface area contributed by atoms with Gasteiger partial charge in [0.15, 0.2) is 0 Å². The SMILES string of the molecule is COc1ccccc1C[C@H](NC(=O)CCc1ccccc1)C(=O)O. The van der Waals surface area contributed by atoms with Crippen molar-refractivity contribution in [2.75, 3.05) is 7.11 Å². The summed E-state index contributed by atoms with van der Waals surface area (Å²) in [6.45, 7) is 0. The molecule has 2 aromatic rings. The van der Waals surface area contributed by atoms with Gasteiger partial charge < -0.3 is 15.2 Å². The van der Waals surface area contributed by atoms with E-state index in [1.165, 1.54) is 7.11 Å². The summed E-state index contributed by atoms with van der Waals surface area (Å²) in [4.78, 5) is 23.5. The van der Waals surface area contributed by atoms with Crippen LogP contribution in [0.15, 0.2) is 54.6 Å². The molecule has 0 heterocycles. The molecule has 0 fully saturated rings. The van der Waals surface area contributed by atoms with Crippen molar-refractivity contribution >= 4 is 11.9 Å². The largest absolute Gasteiger partial charge is 0.496 e.